The van der Waals surface area contributed by atoms with Crippen LogP contribution in [-0.4, -0.2) is 41.5 Å². The number of hydrogen-bond acceptors (Lipinski definition) is 5. The van der Waals surface area contributed by atoms with Gasteiger partial charge in [0.1, 0.15) is 5.52 Å². The van der Waals surface area contributed by atoms with Crippen LogP contribution < -0.4 is 0 Å². The van der Waals surface area contributed by atoms with Crippen LogP contribution in [0.5, 0.6) is 0 Å². The third-order valence-corrected chi connectivity index (χ3v) is 5.17. The first-order chi connectivity index (χ1) is 13.6. The minimum absolute atomic E-state index is 0.188. The number of piperidine rings is 1. The molecule has 1 aliphatic heterocycles. The lowest BCUT2D eigenvalue weighted by molar-refractivity contribution is -0.135. The molecule has 4 rings (SSSR count). The van der Waals surface area contributed by atoms with Gasteiger partial charge in [-0.2, -0.15) is 0 Å². The Bertz CT molecular complexity index is 958. The largest absolute Gasteiger partial charge is 0.452 e. The Morgan fingerprint density at radius 3 is 2.54 bits per heavy atom. The van der Waals surface area contributed by atoms with E-state index < -0.39 is 5.97 Å². The van der Waals surface area contributed by atoms with Crippen molar-refractivity contribution in [3.63, 3.8) is 0 Å². The second-order valence-corrected chi connectivity index (χ2v) is 7.19. The van der Waals surface area contributed by atoms with Gasteiger partial charge in [0.15, 0.2) is 18.1 Å². The van der Waals surface area contributed by atoms with E-state index in [4.69, 9.17) is 20.8 Å². The topological polar surface area (TPSA) is 72.6 Å². The normalized spacial score (nSPS) is 15.0. The summed E-state index contributed by atoms with van der Waals surface area (Å²) in [5.41, 5.74) is 2.00. The van der Waals surface area contributed by atoms with Crippen molar-refractivity contribution < 1.29 is 18.7 Å². The Kier molecular flexibility index (Phi) is 5.30. The Labute approximate surface area is 167 Å². The molecule has 0 N–H and O–H groups in total. The highest BCUT2D eigenvalue weighted by Gasteiger charge is 2.27. The Hall–Kier alpha value is -2.86. The highest BCUT2D eigenvalue weighted by molar-refractivity contribution is 6.30. The number of aromatic nitrogens is 1. The number of carbonyl (C=O) groups excluding carboxylic acids is 2. The first-order valence-electron chi connectivity index (χ1n) is 9.16. The number of para-hydroxylation sites is 2. The minimum atomic E-state index is -0.536. The zero-order valence-electron chi connectivity index (χ0n) is 15.1. The summed E-state index contributed by atoms with van der Waals surface area (Å²) in [6.07, 6.45) is 1.54. The highest BCUT2D eigenvalue weighted by atomic mass is 35.5. The number of fused-ring (bicyclic) bond motifs is 1. The molecule has 6 nitrogen and oxygen atoms in total. The number of carbonyl (C=O) groups is 2. The van der Waals surface area contributed by atoms with E-state index in [1.807, 2.05) is 24.3 Å². The van der Waals surface area contributed by atoms with Gasteiger partial charge in [-0.05, 0) is 49.2 Å². The summed E-state index contributed by atoms with van der Waals surface area (Å²) in [7, 11) is 0. The lowest BCUT2D eigenvalue weighted by Gasteiger charge is -2.30. The number of rotatable bonds is 4. The van der Waals surface area contributed by atoms with E-state index in [9.17, 15) is 9.59 Å². The number of likely N-dealkylation sites (tertiary alicyclic amines) is 1. The summed E-state index contributed by atoms with van der Waals surface area (Å²) < 4.78 is 11.0. The fourth-order valence-corrected chi connectivity index (χ4v) is 3.45. The molecule has 1 saturated heterocycles. The molecule has 1 aliphatic rings. The number of amides is 1. The van der Waals surface area contributed by atoms with Crippen LogP contribution in [0, 0.1) is 0 Å². The van der Waals surface area contributed by atoms with Gasteiger partial charge in [-0.25, -0.2) is 9.78 Å². The lowest BCUT2D eigenvalue weighted by Crippen LogP contribution is -2.40. The number of nitrogens with zero attached hydrogens (tertiary/aromatic N) is 2. The second kappa shape index (κ2) is 8.02. The molecule has 0 bridgehead atoms. The van der Waals surface area contributed by atoms with Crippen molar-refractivity contribution in [2.24, 2.45) is 0 Å². The number of ether oxygens (including phenoxy) is 1. The molecule has 0 unspecified atom stereocenters. The van der Waals surface area contributed by atoms with Crippen molar-refractivity contribution in [3.8, 4) is 0 Å². The fraction of sp³-hybridized carbons (Fsp3) is 0.286. The molecule has 0 saturated carbocycles. The molecule has 2 aromatic carbocycles. The smallest absolute Gasteiger partial charge is 0.338 e. The quantitative estimate of drug-likeness (QED) is 0.620. The summed E-state index contributed by atoms with van der Waals surface area (Å²) in [5.74, 6) is 0.181. The summed E-state index contributed by atoms with van der Waals surface area (Å²) >= 11 is 5.80. The lowest BCUT2D eigenvalue weighted by atomic mass is 9.97. The van der Waals surface area contributed by atoms with Crippen molar-refractivity contribution in [3.05, 3.63) is 65.0 Å². The van der Waals surface area contributed by atoms with Crippen molar-refractivity contribution in [2.45, 2.75) is 18.8 Å². The van der Waals surface area contributed by atoms with Gasteiger partial charge in [0, 0.05) is 24.0 Å². The predicted molar refractivity (Wildman–Crippen MR) is 104 cm³/mol. The Morgan fingerprint density at radius 1 is 1.11 bits per heavy atom. The van der Waals surface area contributed by atoms with Gasteiger partial charge in [-0.15, -0.1) is 0 Å². The molecule has 7 heteroatoms. The SMILES string of the molecule is O=C(OCC(=O)N1CCC(c2nc3ccccc3o2)CC1)c1ccc(Cl)cc1. The van der Waals surface area contributed by atoms with Crippen molar-refractivity contribution in [1.29, 1.82) is 0 Å². The van der Waals surface area contributed by atoms with E-state index >= 15 is 0 Å². The average Bonchev–Trinajstić information content (AvgIpc) is 3.16. The summed E-state index contributed by atoms with van der Waals surface area (Å²) in [4.78, 5) is 30.6. The summed E-state index contributed by atoms with van der Waals surface area (Å²) in [5, 5.41) is 0.537. The van der Waals surface area contributed by atoms with E-state index in [2.05, 4.69) is 4.98 Å². The van der Waals surface area contributed by atoms with Crippen molar-refractivity contribution in [1.82, 2.24) is 9.88 Å². The van der Waals surface area contributed by atoms with E-state index in [-0.39, 0.29) is 18.4 Å². The molecule has 0 radical (unpaired) electrons. The standard InChI is InChI=1S/C21H19ClN2O4/c22-16-7-5-15(6-8-16)21(26)27-13-19(25)24-11-9-14(10-12-24)20-23-17-3-1-2-4-18(17)28-20/h1-8,14H,9-13H2. The molecular weight excluding hydrogens is 380 g/mol. The first kappa shape index (κ1) is 18.5. The number of oxazole rings is 1. The molecular formula is C21H19ClN2O4. The fourth-order valence-electron chi connectivity index (χ4n) is 3.33. The molecule has 144 valence electrons. The summed E-state index contributed by atoms with van der Waals surface area (Å²) in [6, 6.07) is 14.0. The molecule has 0 spiro atoms. The number of esters is 1. The second-order valence-electron chi connectivity index (χ2n) is 6.76. The van der Waals surface area contributed by atoms with Crippen LogP contribution in [0.25, 0.3) is 11.1 Å². The molecule has 1 fully saturated rings. The Morgan fingerprint density at radius 2 is 1.82 bits per heavy atom. The van der Waals surface area contributed by atoms with Crippen LogP contribution in [0.1, 0.15) is 35.0 Å². The van der Waals surface area contributed by atoms with E-state index in [0.717, 1.165) is 29.8 Å². The molecule has 2 heterocycles. The Balaban J connectivity index is 1.29. The monoisotopic (exact) mass is 398 g/mol. The number of benzene rings is 2. The van der Waals surface area contributed by atoms with E-state index in [1.54, 1.807) is 29.2 Å². The minimum Gasteiger partial charge on any atom is -0.452 e. The van der Waals surface area contributed by atoms with Gasteiger partial charge in [-0.1, -0.05) is 23.7 Å². The zero-order valence-corrected chi connectivity index (χ0v) is 15.9. The van der Waals surface area contributed by atoms with Gasteiger partial charge in [0.05, 0.1) is 5.56 Å². The van der Waals surface area contributed by atoms with E-state index in [1.165, 1.54) is 0 Å². The maximum absolute atomic E-state index is 12.4. The number of halogens is 1. The van der Waals surface area contributed by atoms with Gasteiger partial charge >= 0.3 is 5.97 Å². The molecule has 0 atom stereocenters. The van der Waals surface area contributed by atoms with Crippen molar-refractivity contribution >= 4 is 34.6 Å². The molecule has 1 aromatic heterocycles. The van der Waals surface area contributed by atoms with Crippen LogP contribution in [0.4, 0.5) is 0 Å². The van der Waals surface area contributed by atoms with Crippen LogP contribution in [0.2, 0.25) is 5.02 Å². The highest BCUT2D eigenvalue weighted by Crippen LogP contribution is 2.29. The third-order valence-electron chi connectivity index (χ3n) is 4.91. The van der Waals surface area contributed by atoms with Crippen LogP contribution in [-0.2, 0) is 9.53 Å². The van der Waals surface area contributed by atoms with Crippen LogP contribution in [0.3, 0.4) is 0 Å². The zero-order chi connectivity index (χ0) is 19.5. The maximum Gasteiger partial charge on any atom is 0.338 e. The van der Waals surface area contributed by atoms with Crippen LogP contribution >= 0.6 is 11.6 Å². The van der Waals surface area contributed by atoms with E-state index in [0.29, 0.717) is 23.7 Å². The average molecular weight is 399 g/mol. The molecule has 0 aliphatic carbocycles. The van der Waals surface area contributed by atoms with Gasteiger partial charge < -0.3 is 14.1 Å². The molecule has 3 aromatic rings. The van der Waals surface area contributed by atoms with Crippen LogP contribution in [0.15, 0.2) is 52.9 Å². The first-order valence-corrected chi connectivity index (χ1v) is 9.54. The number of hydrogen-bond donors (Lipinski definition) is 0. The molecule has 28 heavy (non-hydrogen) atoms. The van der Waals surface area contributed by atoms with Gasteiger partial charge in [-0.3, -0.25) is 4.79 Å². The third kappa shape index (κ3) is 4.02. The van der Waals surface area contributed by atoms with Gasteiger partial charge in [0.25, 0.3) is 5.91 Å². The molecule has 1 amide bonds. The predicted octanol–water partition coefficient (Wildman–Crippen LogP) is 4.04. The van der Waals surface area contributed by atoms with Gasteiger partial charge in [0.2, 0.25) is 0 Å². The van der Waals surface area contributed by atoms with Crippen molar-refractivity contribution in [2.75, 3.05) is 19.7 Å². The maximum atomic E-state index is 12.4. The summed E-state index contributed by atoms with van der Waals surface area (Å²) in [6.45, 7) is 0.899.